The largest absolute Gasteiger partial charge is 0.476 e. The van der Waals surface area contributed by atoms with Crippen molar-refractivity contribution in [2.45, 2.75) is 25.8 Å². The third-order valence-corrected chi connectivity index (χ3v) is 6.73. The molecule has 7 heteroatoms. The summed E-state index contributed by atoms with van der Waals surface area (Å²) in [7, 11) is 0. The van der Waals surface area contributed by atoms with E-state index in [4.69, 9.17) is 20.4 Å². The summed E-state index contributed by atoms with van der Waals surface area (Å²) >= 11 is 0. The molecule has 2 aliphatic heterocycles. The van der Waals surface area contributed by atoms with Gasteiger partial charge in [0.1, 0.15) is 5.69 Å². The van der Waals surface area contributed by atoms with Crippen LogP contribution in [0.3, 0.4) is 0 Å². The van der Waals surface area contributed by atoms with E-state index in [9.17, 15) is 0 Å². The smallest absolute Gasteiger partial charge is 0.232 e. The predicted molar refractivity (Wildman–Crippen MR) is 145 cm³/mol. The van der Waals surface area contributed by atoms with Gasteiger partial charge in [0.25, 0.3) is 0 Å². The Hall–Kier alpha value is -2.77. The van der Waals surface area contributed by atoms with Crippen LogP contribution >= 0.6 is 12.4 Å². The Morgan fingerprint density at radius 1 is 0.857 bits per heavy atom. The number of aromatic nitrogens is 2. The molecule has 184 valence electrons. The SMILES string of the molecule is Cl.NCc1ccc(-c2ncc(OCC3CCNCC3)nc2-c2ccc(C3=CCNCC3)cc2)cc1. The third-order valence-electron chi connectivity index (χ3n) is 6.73. The van der Waals surface area contributed by atoms with E-state index in [1.807, 2.05) is 0 Å². The Morgan fingerprint density at radius 2 is 1.54 bits per heavy atom. The molecular weight excluding hydrogens is 458 g/mol. The third kappa shape index (κ3) is 6.27. The fraction of sp³-hybridized carbons (Fsp3) is 0.357. The van der Waals surface area contributed by atoms with E-state index >= 15 is 0 Å². The molecule has 0 radical (unpaired) electrons. The molecule has 2 aromatic carbocycles. The summed E-state index contributed by atoms with van der Waals surface area (Å²) in [6, 6.07) is 16.9. The highest BCUT2D eigenvalue weighted by Gasteiger charge is 2.17. The fourth-order valence-electron chi connectivity index (χ4n) is 4.63. The van der Waals surface area contributed by atoms with E-state index in [1.165, 1.54) is 11.1 Å². The van der Waals surface area contributed by atoms with Crippen molar-refractivity contribution in [1.82, 2.24) is 20.6 Å². The Bertz CT molecular complexity index is 1130. The van der Waals surface area contributed by atoms with Gasteiger partial charge in [0, 0.05) is 24.2 Å². The Labute approximate surface area is 213 Å². The van der Waals surface area contributed by atoms with Crippen LogP contribution in [0.15, 0.2) is 60.8 Å². The van der Waals surface area contributed by atoms with Gasteiger partial charge in [-0.1, -0.05) is 54.6 Å². The summed E-state index contributed by atoms with van der Waals surface area (Å²) in [5, 5.41) is 6.78. The number of piperidine rings is 1. The van der Waals surface area contributed by atoms with Crippen molar-refractivity contribution in [3.8, 4) is 28.4 Å². The van der Waals surface area contributed by atoms with Crippen LogP contribution in [0.25, 0.3) is 28.1 Å². The molecule has 4 N–H and O–H groups in total. The Morgan fingerprint density at radius 3 is 2.23 bits per heavy atom. The maximum absolute atomic E-state index is 6.12. The lowest BCUT2D eigenvalue weighted by atomic mass is 9.97. The second kappa shape index (κ2) is 12.3. The first-order valence-corrected chi connectivity index (χ1v) is 12.3. The van der Waals surface area contributed by atoms with E-state index < -0.39 is 0 Å². The topological polar surface area (TPSA) is 85.1 Å². The maximum atomic E-state index is 6.12. The maximum Gasteiger partial charge on any atom is 0.232 e. The van der Waals surface area contributed by atoms with Crippen LogP contribution in [0.1, 0.15) is 30.4 Å². The first-order valence-electron chi connectivity index (χ1n) is 12.3. The zero-order chi connectivity index (χ0) is 23.2. The van der Waals surface area contributed by atoms with Crippen LogP contribution in [0.4, 0.5) is 0 Å². The number of nitrogens with two attached hydrogens (primary N) is 1. The summed E-state index contributed by atoms with van der Waals surface area (Å²) in [5.41, 5.74) is 13.3. The minimum Gasteiger partial charge on any atom is -0.476 e. The standard InChI is InChI=1S/C28H33N5O.ClH/c29-17-20-1-3-24(4-2-20)27-28(25-7-5-22(6-8-25)23-11-15-31-16-12-23)33-26(18-32-27)34-19-21-9-13-30-14-10-21;/h1-8,11,18,21,30-31H,9-10,12-17,19,29H2;1H. The van der Waals surface area contributed by atoms with Gasteiger partial charge >= 0.3 is 0 Å². The molecule has 3 aromatic rings. The van der Waals surface area contributed by atoms with Crippen LogP contribution < -0.4 is 21.1 Å². The van der Waals surface area contributed by atoms with Crippen molar-refractivity contribution in [3.63, 3.8) is 0 Å². The molecule has 35 heavy (non-hydrogen) atoms. The van der Waals surface area contributed by atoms with Crippen molar-refractivity contribution in [2.24, 2.45) is 11.7 Å². The normalized spacial score (nSPS) is 16.3. The second-order valence-corrected chi connectivity index (χ2v) is 9.07. The summed E-state index contributed by atoms with van der Waals surface area (Å²) in [6.07, 6.45) is 7.36. The number of nitrogens with zero attached hydrogens (tertiary/aromatic N) is 2. The summed E-state index contributed by atoms with van der Waals surface area (Å²) < 4.78 is 6.12. The molecule has 2 aliphatic rings. The van der Waals surface area contributed by atoms with Gasteiger partial charge in [-0.05, 0) is 61.5 Å². The molecule has 0 atom stereocenters. The lowest BCUT2D eigenvalue weighted by Gasteiger charge is -2.22. The van der Waals surface area contributed by atoms with Gasteiger partial charge in [-0.2, -0.15) is 0 Å². The molecule has 0 spiro atoms. The molecule has 0 unspecified atom stereocenters. The highest BCUT2D eigenvalue weighted by Crippen LogP contribution is 2.32. The summed E-state index contributed by atoms with van der Waals surface area (Å²) in [5.74, 6) is 1.15. The highest BCUT2D eigenvalue weighted by molar-refractivity contribution is 5.85. The Kier molecular flexibility index (Phi) is 8.88. The fourth-order valence-corrected chi connectivity index (χ4v) is 4.63. The highest BCUT2D eigenvalue weighted by atomic mass is 35.5. The minimum atomic E-state index is 0. The average Bonchev–Trinajstić information content (AvgIpc) is 2.93. The Balaban J connectivity index is 0.00000289. The number of nitrogens with one attached hydrogen (secondary N) is 2. The molecule has 1 fully saturated rings. The number of hydrogen-bond donors (Lipinski definition) is 3. The van der Waals surface area contributed by atoms with Gasteiger partial charge in [0.15, 0.2) is 0 Å². The van der Waals surface area contributed by atoms with E-state index in [0.29, 0.717) is 24.9 Å². The van der Waals surface area contributed by atoms with E-state index in [-0.39, 0.29) is 12.4 Å². The second-order valence-electron chi connectivity index (χ2n) is 9.07. The molecule has 0 bridgehead atoms. The molecule has 1 aromatic heterocycles. The first-order chi connectivity index (χ1) is 16.8. The molecule has 3 heterocycles. The first kappa shape index (κ1) is 25.3. The van der Waals surface area contributed by atoms with Gasteiger partial charge in [0.2, 0.25) is 5.88 Å². The monoisotopic (exact) mass is 491 g/mol. The van der Waals surface area contributed by atoms with Crippen molar-refractivity contribution < 1.29 is 4.74 Å². The van der Waals surface area contributed by atoms with Crippen molar-refractivity contribution >= 4 is 18.0 Å². The van der Waals surface area contributed by atoms with Crippen molar-refractivity contribution in [3.05, 3.63) is 71.9 Å². The van der Waals surface area contributed by atoms with Gasteiger partial charge in [-0.15, -0.1) is 12.4 Å². The minimum absolute atomic E-state index is 0. The van der Waals surface area contributed by atoms with E-state index in [0.717, 1.165) is 73.5 Å². The molecule has 1 saturated heterocycles. The molecule has 5 rings (SSSR count). The quantitative estimate of drug-likeness (QED) is 0.453. The van der Waals surface area contributed by atoms with Gasteiger partial charge in [-0.3, -0.25) is 0 Å². The van der Waals surface area contributed by atoms with E-state index in [1.54, 1.807) is 6.20 Å². The summed E-state index contributed by atoms with van der Waals surface area (Å²) in [4.78, 5) is 9.74. The number of ether oxygens (including phenoxy) is 1. The molecule has 0 saturated carbocycles. The van der Waals surface area contributed by atoms with Gasteiger partial charge < -0.3 is 21.1 Å². The lowest BCUT2D eigenvalue weighted by Crippen LogP contribution is -2.30. The predicted octanol–water partition coefficient (Wildman–Crippen LogP) is 4.45. The van der Waals surface area contributed by atoms with Crippen LogP contribution in [0.5, 0.6) is 5.88 Å². The zero-order valence-corrected chi connectivity index (χ0v) is 20.8. The molecule has 0 amide bonds. The van der Waals surface area contributed by atoms with Gasteiger partial charge in [0.05, 0.1) is 18.5 Å². The number of benzene rings is 2. The lowest BCUT2D eigenvalue weighted by molar-refractivity contribution is 0.208. The van der Waals surface area contributed by atoms with Crippen molar-refractivity contribution in [1.29, 1.82) is 0 Å². The van der Waals surface area contributed by atoms with Crippen LogP contribution in [-0.2, 0) is 6.54 Å². The molecule has 6 nitrogen and oxygen atoms in total. The van der Waals surface area contributed by atoms with Crippen LogP contribution in [0.2, 0.25) is 0 Å². The number of hydrogen-bond acceptors (Lipinski definition) is 6. The van der Waals surface area contributed by atoms with Crippen LogP contribution in [-0.4, -0.2) is 42.8 Å². The van der Waals surface area contributed by atoms with E-state index in [2.05, 4.69) is 65.2 Å². The van der Waals surface area contributed by atoms with Gasteiger partial charge in [-0.25, -0.2) is 9.97 Å². The van der Waals surface area contributed by atoms with Crippen molar-refractivity contribution in [2.75, 3.05) is 32.8 Å². The zero-order valence-electron chi connectivity index (χ0n) is 20.0. The summed E-state index contributed by atoms with van der Waals surface area (Å²) in [6.45, 7) is 5.28. The number of halogens is 1. The average molecular weight is 492 g/mol. The molecular formula is C28H34ClN5O. The van der Waals surface area contributed by atoms with Crippen LogP contribution in [0, 0.1) is 5.92 Å². The number of rotatable bonds is 7. The molecule has 0 aliphatic carbocycles.